The fourth-order valence-corrected chi connectivity index (χ4v) is 3.00. The van der Waals surface area contributed by atoms with E-state index in [9.17, 15) is 9.59 Å². The minimum absolute atomic E-state index is 0.0412. The summed E-state index contributed by atoms with van der Waals surface area (Å²) in [6.07, 6.45) is 0.212. The summed E-state index contributed by atoms with van der Waals surface area (Å²) in [5.74, 6) is -0.0680. The number of carbonyl (C=O) groups excluding carboxylic acids is 2. The Bertz CT molecular complexity index is 763. The Balaban J connectivity index is 1.70. The molecule has 2 amide bonds. The summed E-state index contributed by atoms with van der Waals surface area (Å²) in [5, 5.41) is 2.79. The van der Waals surface area contributed by atoms with Gasteiger partial charge in [-0.3, -0.25) is 9.59 Å². The third kappa shape index (κ3) is 3.59. The van der Waals surface area contributed by atoms with E-state index in [1.165, 1.54) is 0 Å². The molecule has 1 aromatic heterocycles. The third-order valence-electron chi connectivity index (χ3n) is 3.76. The predicted octanol–water partition coefficient (Wildman–Crippen LogP) is 3.14. The summed E-state index contributed by atoms with van der Waals surface area (Å²) in [4.78, 5) is 30.5. The third-order valence-corrected chi connectivity index (χ3v) is 4.25. The highest BCUT2D eigenvalue weighted by atomic mass is 79.9. The molecule has 5 nitrogen and oxygen atoms in total. The van der Waals surface area contributed by atoms with Crippen molar-refractivity contribution in [2.24, 2.45) is 5.92 Å². The van der Waals surface area contributed by atoms with Crippen LogP contribution in [0.15, 0.2) is 46.9 Å². The van der Waals surface area contributed by atoms with Crippen molar-refractivity contribution >= 4 is 39.2 Å². The van der Waals surface area contributed by atoms with Gasteiger partial charge in [0.2, 0.25) is 11.8 Å². The number of aryl methyl sites for hydroxylation is 1. The van der Waals surface area contributed by atoms with Gasteiger partial charge in [0.25, 0.3) is 0 Å². The molecule has 23 heavy (non-hydrogen) atoms. The van der Waals surface area contributed by atoms with Crippen LogP contribution in [0.4, 0.5) is 11.5 Å². The lowest BCUT2D eigenvalue weighted by Crippen LogP contribution is -2.28. The number of benzene rings is 1. The van der Waals surface area contributed by atoms with Crippen LogP contribution >= 0.6 is 15.9 Å². The Kier molecular flexibility index (Phi) is 4.43. The number of anilines is 2. The molecule has 1 aromatic carbocycles. The zero-order valence-corrected chi connectivity index (χ0v) is 14.2. The standard InChI is InChI=1S/C17H16BrN3O2/c1-11-4-2-7-15(19-11)20-17(23)12-8-16(22)21(10-12)14-6-3-5-13(18)9-14/h2-7,9,12H,8,10H2,1H3,(H,19,20,23). The van der Waals surface area contributed by atoms with Crippen molar-refractivity contribution in [3.63, 3.8) is 0 Å². The van der Waals surface area contributed by atoms with Gasteiger partial charge in [0.05, 0.1) is 5.92 Å². The quantitative estimate of drug-likeness (QED) is 0.898. The zero-order chi connectivity index (χ0) is 16.4. The van der Waals surface area contributed by atoms with Gasteiger partial charge in [-0.05, 0) is 37.3 Å². The topological polar surface area (TPSA) is 62.3 Å². The molecule has 0 radical (unpaired) electrons. The van der Waals surface area contributed by atoms with Gasteiger partial charge in [0, 0.05) is 28.8 Å². The molecule has 1 aliphatic rings. The van der Waals surface area contributed by atoms with E-state index in [-0.39, 0.29) is 24.2 Å². The van der Waals surface area contributed by atoms with Crippen LogP contribution in [0.5, 0.6) is 0 Å². The maximum Gasteiger partial charge on any atom is 0.230 e. The predicted molar refractivity (Wildman–Crippen MR) is 92.2 cm³/mol. The lowest BCUT2D eigenvalue weighted by atomic mass is 10.1. The van der Waals surface area contributed by atoms with Gasteiger partial charge in [0.1, 0.15) is 5.82 Å². The number of nitrogens with zero attached hydrogens (tertiary/aromatic N) is 2. The molecule has 118 valence electrons. The van der Waals surface area contributed by atoms with Gasteiger partial charge in [-0.2, -0.15) is 0 Å². The van der Waals surface area contributed by atoms with Crippen LogP contribution in [0.3, 0.4) is 0 Å². The Morgan fingerprint density at radius 1 is 1.30 bits per heavy atom. The van der Waals surface area contributed by atoms with Crippen LogP contribution in [-0.2, 0) is 9.59 Å². The monoisotopic (exact) mass is 373 g/mol. The van der Waals surface area contributed by atoms with E-state index >= 15 is 0 Å². The number of pyridine rings is 1. The molecule has 6 heteroatoms. The second-order valence-electron chi connectivity index (χ2n) is 5.54. The van der Waals surface area contributed by atoms with Crippen LogP contribution in [0.1, 0.15) is 12.1 Å². The van der Waals surface area contributed by atoms with Gasteiger partial charge in [-0.1, -0.05) is 28.1 Å². The average molecular weight is 374 g/mol. The maximum atomic E-state index is 12.4. The Morgan fingerprint density at radius 3 is 2.83 bits per heavy atom. The summed E-state index contributed by atoms with van der Waals surface area (Å²) in [7, 11) is 0. The van der Waals surface area contributed by atoms with E-state index in [0.717, 1.165) is 15.9 Å². The van der Waals surface area contributed by atoms with E-state index in [1.807, 2.05) is 43.3 Å². The number of rotatable bonds is 3. The van der Waals surface area contributed by atoms with Gasteiger partial charge in [-0.15, -0.1) is 0 Å². The molecule has 0 bridgehead atoms. The fourth-order valence-electron chi connectivity index (χ4n) is 2.62. The fraction of sp³-hybridized carbons (Fsp3) is 0.235. The second kappa shape index (κ2) is 6.50. The minimum atomic E-state index is -0.371. The first kappa shape index (κ1) is 15.7. The van der Waals surface area contributed by atoms with Gasteiger partial charge >= 0.3 is 0 Å². The van der Waals surface area contributed by atoms with Crippen molar-refractivity contribution in [3.05, 3.63) is 52.6 Å². The molecule has 1 saturated heterocycles. The lowest BCUT2D eigenvalue weighted by Gasteiger charge is -2.17. The highest BCUT2D eigenvalue weighted by Crippen LogP contribution is 2.27. The van der Waals surface area contributed by atoms with Crippen molar-refractivity contribution in [3.8, 4) is 0 Å². The van der Waals surface area contributed by atoms with E-state index in [4.69, 9.17) is 0 Å². The van der Waals surface area contributed by atoms with Crippen molar-refractivity contribution < 1.29 is 9.59 Å². The van der Waals surface area contributed by atoms with E-state index in [0.29, 0.717) is 12.4 Å². The minimum Gasteiger partial charge on any atom is -0.312 e. The van der Waals surface area contributed by atoms with Crippen LogP contribution in [0, 0.1) is 12.8 Å². The Morgan fingerprint density at radius 2 is 2.09 bits per heavy atom. The van der Waals surface area contributed by atoms with Crippen LogP contribution in [0.2, 0.25) is 0 Å². The largest absolute Gasteiger partial charge is 0.312 e. The Labute approximate surface area is 142 Å². The van der Waals surface area contributed by atoms with E-state index < -0.39 is 0 Å². The molecule has 1 atom stereocenters. The molecule has 2 heterocycles. The summed E-state index contributed by atoms with van der Waals surface area (Å²) < 4.78 is 0.902. The van der Waals surface area contributed by atoms with Crippen LogP contribution in [0.25, 0.3) is 0 Å². The Hall–Kier alpha value is -2.21. The first-order valence-corrected chi connectivity index (χ1v) is 8.12. The number of amides is 2. The highest BCUT2D eigenvalue weighted by Gasteiger charge is 2.35. The number of nitrogens with one attached hydrogen (secondary N) is 1. The summed E-state index contributed by atoms with van der Waals surface area (Å²) in [5.41, 5.74) is 1.63. The van der Waals surface area contributed by atoms with Crippen LogP contribution in [-0.4, -0.2) is 23.3 Å². The molecule has 0 spiro atoms. The zero-order valence-electron chi connectivity index (χ0n) is 12.6. The summed E-state index contributed by atoms with van der Waals surface area (Å²) >= 11 is 3.40. The molecule has 0 aliphatic carbocycles. The normalized spacial score (nSPS) is 17.4. The molecular formula is C17H16BrN3O2. The molecular weight excluding hydrogens is 358 g/mol. The van der Waals surface area contributed by atoms with Gasteiger partial charge in [0.15, 0.2) is 0 Å². The smallest absolute Gasteiger partial charge is 0.230 e. The molecule has 0 saturated carbocycles. The summed E-state index contributed by atoms with van der Waals surface area (Å²) in [6.45, 7) is 2.25. The van der Waals surface area contributed by atoms with Crippen molar-refractivity contribution in [1.29, 1.82) is 0 Å². The van der Waals surface area contributed by atoms with E-state index in [2.05, 4.69) is 26.2 Å². The van der Waals surface area contributed by atoms with Gasteiger partial charge < -0.3 is 10.2 Å². The molecule has 1 unspecified atom stereocenters. The van der Waals surface area contributed by atoms with Gasteiger partial charge in [-0.25, -0.2) is 4.98 Å². The van der Waals surface area contributed by atoms with Crippen molar-refractivity contribution in [2.45, 2.75) is 13.3 Å². The molecule has 1 N–H and O–H groups in total. The molecule has 1 fully saturated rings. The number of carbonyl (C=O) groups is 2. The molecule has 3 rings (SSSR count). The van der Waals surface area contributed by atoms with Crippen LogP contribution < -0.4 is 10.2 Å². The number of hydrogen-bond acceptors (Lipinski definition) is 3. The van der Waals surface area contributed by atoms with E-state index in [1.54, 1.807) is 11.0 Å². The first-order chi connectivity index (χ1) is 11.0. The highest BCUT2D eigenvalue weighted by molar-refractivity contribution is 9.10. The van der Waals surface area contributed by atoms with Crippen molar-refractivity contribution in [1.82, 2.24) is 4.98 Å². The number of aromatic nitrogens is 1. The molecule has 1 aliphatic heterocycles. The summed E-state index contributed by atoms with van der Waals surface area (Å²) in [6, 6.07) is 13.0. The SMILES string of the molecule is Cc1cccc(NC(=O)C2CC(=O)N(c3cccc(Br)c3)C2)n1. The van der Waals surface area contributed by atoms with Crippen molar-refractivity contribution in [2.75, 3.05) is 16.8 Å². The number of hydrogen-bond donors (Lipinski definition) is 1. The average Bonchev–Trinajstić information content (AvgIpc) is 2.89. The first-order valence-electron chi connectivity index (χ1n) is 7.33. The second-order valence-corrected chi connectivity index (χ2v) is 6.45. The maximum absolute atomic E-state index is 12.4. The number of halogens is 1. The lowest BCUT2D eigenvalue weighted by molar-refractivity contribution is -0.122. The molecule has 2 aromatic rings.